The van der Waals surface area contributed by atoms with E-state index in [1.54, 1.807) is 18.2 Å². The van der Waals surface area contributed by atoms with Crippen LogP contribution in [0, 0.1) is 11.6 Å². The molecule has 1 amide bonds. The first-order valence-corrected chi connectivity index (χ1v) is 7.08. The topological polar surface area (TPSA) is 29.1 Å². The van der Waals surface area contributed by atoms with Crippen molar-refractivity contribution in [2.75, 3.05) is 6.54 Å². The zero-order valence-electron chi connectivity index (χ0n) is 11.7. The zero-order chi connectivity index (χ0) is 15.9. The molecule has 1 N–H and O–H groups in total. The van der Waals surface area contributed by atoms with Crippen LogP contribution in [0.25, 0.3) is 6.08 Å². The van der Waals surface area contributed by atoms with Crippen molar-refractivity contribution in [1.82, 2.24) is 5.32 Å². The number of hydrogen-bond acceptors (Lipinski definition) is 1. The van der Waals surface area contributed by atoms with Crippen LogP contribution in [-0.4, -0.2) is 12.5 Å². The van der Waals surface area contributed by atoms with Crippen molar-refractivity contribution in [1.29, 1.82) is 0 Å². The van der Waals surface area contributed by atoms with Gasteiger partial charge in [-0.1, -0.05) is 29.8 Å². The number of halogens is 3. The minimum Gasteiger partial charge on any atom is -0.352 e. The average molecular weight is 322 g/mol. The van der Waals surface area contributed by atoms with Gasteiger partial charge in [0.25, 0.3) is 0 Å². The van der Waals surface area contributed by atoms with E-state index in [2.05, 4.69) is 5.32 Å². The number of carbonyl (C=O) groups is 1. The summed E-state index contributed by atoms with van der Waals surface area (Å²) in [4.78, 5) is 11.6. The SMILES string of the molecule is O=C(/C=C/c1ccc(F)c(Cl)c1)NCCc1ccc(F)cc1. The second-order valence-electron chi connectivity index (χ2n) is 4.67. The normalized spacial score (nSPS) is 10.9. The van der Waals surface area contributed by atoms with Crippen LogP contribution in [0.15, 0.2) is 48.5 Å². The van der Waals surface area contributed by atoms with Crippen molar-refractivity contribution >= 4 is 23.6 Å². The molecule has 0 saturated heterocycles. The van der Waals surface area contributed by atoms with Crippen LogP contribution in [0.5, 0.6) is 0 Å². The first kappa shape index (κ1) is 16.2. The van der Waals surface area contributed by atoms with Gasteiger partial charge in [-0.05, 0) is 47.9 Å². The molecule has 5 heteroatoms. The van der Waals surface area contributed by atoms with E-state index >= 15 is 0 Å². The number of amides is 1. The molecule has 0 aliphatic rings. The molecule has 2 aromatic carbocycles. The molecule has 0 aliphatic carbocycles. The Bertz CT molecular complexity index is 684. The molecule has 0 atom stereocenters. The van der Waals surface area contributed by atoms with Crippen molar-refractivity contribution in [3.8, 4) is 0 Å². The van der Waals surface area contributed by atoms with Crippen LogP contribution in [0.3, 0.4) is 0 Å². The third kappa shape index (κ3) is 4.97. The molecule has 22 heavy (non-hydrogen) atoms. The second kappa shape index (κ2) is 7.71. The van der Waals surface area contributed by atoms with Crippen molar-refractivity contribution in [3.63, 3.8) is 0 Å². The summed E-state index contributed by atoms with van der Waals surface area (Å²) in [5.74, 6) is -1.04. The Hall–Kier alpha value is -2.20. The van der Waals surface area contributed by atoms with Gasteiger partial charge in [0.2, 0.25) is 5.91 Å². The summed E-state index contributed by atoms with van der Waals surface area (Å²) in [6.45, 7) is 0.443. The molecule has 0 aliphatic heterocycles. The summed E-state index contributed by atoms with van der Waals surface area (Å²) in [6.07, 6.45) is 3.52. The fourth-order valence-electron chi connectivity index (χ4n) is 1.83. The van der Waals surface area contributed by atoms with Crippen LogP contribution in [0.1, 0.15) is 11.1 Å². The molecular formula is C17H14ClF2NO. The zero-order valence-corrected chi connectivity index (χ0v) is 12.4. The summed E-state index contributed by atoms with van der Waals surface area (Å²) in [5, 5.41) is 2.73. The van der Waals surface area contributed by atoms with E-state index in [4.69, 9.17) is 11.6 Å². The van der Waals surface area contributed by atoms with Crippen LogP contribution in [-0.2, 0) is 11.2 Å². The molecule has 0 heterocycles. The number of benzene rings is 2. The maximum Gasteiger partial charge on any atom is 0.244 e. The molecule has 0 aromatic heterocycles. The molecule has 0 radical (unpaired) electrons. The minimum absolute atomic E-state index is 0.0128. The number of hydrogen-bond donors (Lipinski definition) is 1. The largest absolute Gasteiger partial charge is 0.352 e. The van der Waals surface area contributed by atoms with Crippen LogP contribution in [0.2, 0.25) is 5.02 Å². The molecule has 2 nitrogen and oxygen atoms in total. The number of carbonyl (C=O) groups excluding carboxylic acids is 1. The average Bonchev–Trinajstić information content (AvgIpc) is 2.50. The van der Waals surface area contributed by atoms with Gasteiger partial charge in [-0.3, -0.25) is 4.79 Å². The number of rotatable bonds is 5. The standard InChI is InChI=1S/C17H14ClF2NO/c18-15-11-13(3-7-16(15)20)4-8-17(22)21-10-9-12-1-5-14(19)6-2-12/h1-8,11H,9-10H2,(H,21,22)/b8-4+. The van der Waals surface area contributed by atoms with Gasteiger partial charge in [-0.15, -0.1) is 0 Å². The van der Waals surface area contributed by atoms with Crippen molar-refractivity contribution in [2.24, 2.45) is 0 Å². The lowest BCUT2D eigenvalue weighted by Crippen LogP contribution is -2.23. The van der Waals surface area contributed by atoms with Gasteiger partial charge in [-0.25, -0.2) is 8.78 Å². The van der Waals surface area contributed by atoms with E-state index in [0.29, 0.717) is 18.5 Å². The Morgan fingerprint density at radius 3 is 2.55 bits per heavy atom. The molecule has 2 rings (SSSR count). The van der Waals surface area contributed by atoms with Crippen LogP contribution in [0.4, 0.5) is 8.78 Å². The van der Waals surface area contributed by atoms with E-state index in [1.807, 2.05) is 0 Å². The molecule has 0 bridgehead atoms. The van der Waals surface area contributed by atoms with Gasteiger partial charge in [0.15, 0.2) is 0 Å². The first-order chi connectivity index (χ1) is 10.5. The van der Waals surface area contributed by atoms with Crippen molar-refractivity contribution in [2.45, 2.75) is 6.42 Å². The lowest BCUT2D eigenvalue weighted by atomic mass is 10.1. The molecule has 0 fully saturated rings. The molecule has 114 valence electrons. The quantitative estimate of drug-likeness (QED) is 0.829. The Morgan fingerprint density at radius 1 is 1.14 bits per heavy atom. The summed E-state index contributed by atoms with van der Waals surface area (Å²) >= 11 is 5.66. The highest BCUT2D eigenvalue weighted by atomic mass is 35.5. The van der Waals surface area contributed by atoms with Crippen LogP contribution >= 0.6 is 11.6 Å². The third-order valence-corrected chi connectivity index (χ3v) is 3.29. The van der Waals surface area contributed by atoms with Gasteiger partial charge in [0, 0.05) is 12.6 Å². The van der Waals surface area contributed by atoms with E-state index in [-0.39, 0.29) is 16.7 Å². The van der Waals surface area contributed by atoms with Crippen molar-refractivity contribution < 1.29 is 13.6 Å². The fraction of sp³-hybridized carbons (Fsp3) is 0.118. The summed E-state index contributed by atoms with van der Waals surface area (Å²) < 4.78 is 25.7. The first-order valence-electron chi connectivity index (χ1n) is 6.70. The summed E-state index contributed by atoms with van der Waals surface area (Å²) in [5.41, 5.74) is 1.58. The maximum atomic E-state index is 13.0. The molecule has 0 unspecified atom stereocenters. The van der Waals surface area contributed by atoms with Gasteiger partial charge in [-0.2, -0.15) is 0 Å². The van der Waals surface area contributed by atoms with E-state index in [9.17, 15) is 13.6 Å². The third-order valence-electron chi connectivity index (χ3n) is 3.00. The van der Waals surface area contributed by atoms with Gasteiger partial charge in [0.05, 0.1) is 5.02 Å². The lowest BCUT2D eigenvalue weighted by molar-refractivity contribution is -0.116. The van der Waals surface area contributed by atoms with Crippen LogP contribution < -0.4 is 5.32 Å². The van der Waals surface area contributed by atoms with Gasteiger partial charge in [0.1, 0.15) is 11.6 Å². The Balaban J connectivity index is 1.81. The minimum atomic E-state index is -0.498. The molecule has 0 spiro atoms. The lowest BCUT2D eigenvalue weighted by Gasteiger charge is -2.03. The van der Waals surface area contributed by atoms with E-state index in [0.717, 1.165) is 5.56 Å². The highest BCUT2D eigenvalue weighted by Gasteiger charge is 2.00. The molecular weight excluding hydrogens is 308 g/mol. The monoisotopic (exact) mass is 321 g/mol. The number of nitrogens with one attached hydrogen (secondary N) is 1. The predicted molar refractivity (Wildman–Crippen MR) is 83.6 cm³/mol. The summed E-state index contributed by atoms with van der Waals surface area (Å²) in [6, 6.07) is 10.3. The van der Waals surface area contributed by atoms with E-state index < -0.39 is 5.82 Å². The van der Waals surface area contributed by atoms with Crippen molar-refractivity contribution in [3.05, 3.63) is 76.3 Å². The summed E-state index contributed by atoms with van der Waals surface area (Å²) in [7, 11) is 0. The van der Waals surface area contributed by atoms with E-state index in [1.165, 1.54) is 36.4 Å². The molecule has 2 aromatic rings. The Labute approximate surface area is 132 Å². The second-order valence-corrected chi connectivity index (χ2v) is 5.08. The Morgan fingerprint density at radius 2 is 1.86 bits per heavy atom. The van der Waals surface area contributed by atoms with Gasteiger partial charge >= 0.3 is 0 Å². The fourth-order valence-corrected chi connectivity index (χ4v) is 2.02. The smallest absolute Gasteiger partial charge is 0.244 e. The Kier molecular flexibility index (Phi) is 5.67. The van der Waals surface area contributed by atoms with Gasteiger partial charge < -0.3 is 5.32 Å². The highest BCUT2D eigenvalue weighted by molar-refractivity contribution is 6.30. The highest BCUT2D eigenvalue weighted by Crippen LogP contribution is 2.16. The maximum absolute atomic E-state index is 13.0. The predicted octanol–water partition coefficient (Wildman–Crippen LogP) is 3.99. The molecule has 0 saturated carbocycles.